The third-order valence-electron chi connectivity index (χ3n) is 4.08. The first-order valence-electron chi connectivity index (χ1n) is 8.71. The molecule has 10 nitrogen and oxygen atoms in total. The molecule has 3 aromatic rings. The van der Waals surface area contributed by atoms with Gasteiger partial charge in [-0.3, -0.25) is 0 Å². The van der Waals surface area contributed by atoms with Gasteiger partial charge in [-0.2, -0.15) is 10.2 Å². The number of imidazole rings is 1. The standard InChI is InChI=1S/C19H22N10/c1-10(26-28-18(20)21)12-4-3-5-14(8-12)17-24-15-7-6-13(9-16(15)25-17)11(2)27-29-19(22)23/h3-9H,1-2H3,(H,24,25)(H4,20,21,28)(H4,22,23,29). The molecule has 0 aliphatic rings. The van der Waals surface area contributed by atoms with E-state index in [1.807, 2.05) is 56.3 Å². The van der Waals surface area contributed by atoms with E-state index >= 15 is 0 Å². The van der Waals surface area contributed by atoms with E-state index in [9.17, 15) is 0 Å². The number of hydrogen-bond donors (Lipinski definition) is 5. The number of rotatable bonds is 5. The van der Waals surface area contributed by atoms with E-state index in [0.29, 0.717) is 11.4 Å². The zero-order valence-corrected chi connectivity index (χ0v) is 16.1. The van der Waals surface area contributed by atoms with Crippen LogP contribution < -0.4 is 22.9 Å². The lowest BCUT2D eigenvalue weighted by Gasteiger charge is -2.02. The molecule has 0 aliphatic carbocycles. The molecule has 0 unspecified atom stereocenters. The van der Waals surface area contributed by atoms with Gasteiger partial charge < -0.3 is 27.9 Å². The Hall–Kier alpha value is -4.21. The Kier molecular flexibility index (Phi) is 5.54. The molecule has 10 heteroatoms. The maximum Gasteiger partial charge on any atom is 0.211 e. The SMILES string of the molecule is CC(=NN=C(N)N)c1cccc(-c2nc3ccc(C(C)=NN=C(N)N)cc3[nH]2)c1. The van der Waals surface area contributed by atoms with Crippen LogP contribution in [0.2, 0.25) is 0 Å². The summed E-state index contributed by atoms with van der Waals surface area (Å²) in [5.41, 5.74) is 27.0. The Morgan fingerprint density at radius 3 is 2.03 bits per heavy atom. The van der Waals surface area contributed by atoms with E-state index in [2.05, 4.69) is 30.4 Å². The van der Waals surface area contributed by atoms with Crippen molar-refractivity contribution in [2.45, 2.75) is 13.8 Å². The molecular weight excluding hydrogens is 368 g/mol. The molecule has 2 aromatic carbocycles. The van der Waals surface area contributed by atoms with Crippen molar-refractivity contribution in [1.29, 1.82) is 0 Å². The summed E-state index contributed by atoms with van der Waals surface area (Å²) in [5, 5.41) is 15.4. The minimum absolute atomic E-state index is 0.0900. The van der Waals surface area contributed by atoms with Gasteiger partial charge in [0.25, 0.3) is 0 Å². The third-order valence-corrected chi connectivity index (χ3v) is 4.08. The van der Waals surface area contributed by atoms with Crippen LogP contribution >= 0.6 is 0 Å². The number of aromatic nitrogens is 2. The first kappa shape index (κ1) is 19.5. The molecule has 0 atom stereocenters. The van der Waals surface area contributed by atoms with Crippen molar-refractivity contribution < 1.29 is 0 Å². The Bertz CT molecular complexity index is 1160. The van der Waals surface area contributed by atoms with Crippen LogP contribution in [0.3, 0.4) is 0 Å². The van der Waals surface area contributed by atoms with E-state index < -0.39 is 0 Å². The lowest BCUT2D eigenvalue weighted by molar-refractivity contribution is 1.19. The van der Waals surface area contributed by atoms with Gasteiger partial charge in [0, 0.05) is 5.56 Å². The summed E-state index contributed by atoms with van der Waals surface area (Å²) < 4.78 is 0. The van der Waals surface area contributed by atoms with Crippen molar-refractivity contribution in [3.8, 4) is 11.4 Å². The second-order valence-corrected chi connectivity index (χ2v) is 6.32. The maximum absolute atomic E-state index is 5.33. The highest BCUT2D eigenvalue weighted by Crippen LogP contribution is 2.23. The number of guanidine groups is 2. The molecule has 0 bridgehead atoms. The van der Waals surface area contributed by atoms with Gasteiger partial charge in [-0.05, 0) is 43.2 Å². The van der Waals surface area contributed by atoms with Crippen LogP contribution in [-0.2, 0) is 0 Å². The molecule has 1 heterocycles. The van der Waals surface area contributed by atoms with Crippen molar-refractivity contribution in [3.63, 3.8) is 0 Å². The average Bonchev–Trinajstić information content (AvgIpc) is 3.13. The fourth-order valence-electron chi connectivity index (χ4n) is 2.64. The number of hydrogen-bond acceptors (Lipinski definition) is 5. The molecule has 0 spiro atoms. The predicted octanol–water partition coefficient (Wildman–Crippen LogP) is 1.22. The van der Waals surface area contributed by atoms with Gasteiger partial charge >= 0.3 is 0 Å². The van der Waals surface area contributed by atoms with E-state index in [0.717, 1.165) is 33.5 Å². The fraction of sp³-hybridized carbons (Fsp3) is 0.105. The molecule has 0 radical (unpaired) electrons. The molecule has 0 saturated carbocycles. The van der Waals surface area contributed by atoms with Crippen LogP contribution in [-0.4, -0.2) is 33.3 Å². The topological polar surface area (TPSA) is 182 Å². The minimum Gasteiger partial charge on any atom is -0.369 e. The van der Waals surface area contributed by atoms with Gasteiger partial charge in [0.1, 0.15) is 5.82 Å². The van der Waals surface area contributed by atoms with Crippen LogP contribution in [0.1, 0.15) is 25.0 Å². The molecule has 29 heavy (non-hydrogen) atoms. The van der Waals surface area contributed by atoms with Crippen LogP contribution in [0.25, 0.3) is 22.4 Å². The molecule has 0 amide bonds. The summed E-state index contributed by atoms with van der Waals surface area (Å²) in [7, 11) is 0. The molecule has 3 rings (SSSR count). The van der Waals surface area contributed by atoms with Crippen molar-refractivity contribution in [2.75, 3.05) is 0 Å². The fourth-order valence-corrected chi connectivity index (χ4v) is 2.64. The van der Waals surface area contributed by atoms with Crippen LogP contribution in [0.15, 0.2) is 62.9 Å². The van der Waals surface area contributed by atoms with Gasteiger partial charge in [-0.25, -0.2) is 4.98 Å². The Labute approximate surface area is 167 Å². The molecule has 9 N–H and O–H groups in total. The number of nitrogens with two attached hydrogens (primary N) is 4. The van der Waals surface area contributed by atoms with E-state index in [4.69, 9.17) is 22.9 Å². The Morgan fingerprint density at radius 2 is 1.41 bits per heavy atom. The number of nitrogens with one attached hydrogen (secondary N) is 1. The first-order chi connectivity index (χ1) is 13.8. The number of H-pyrrole nitrogens is 1. The summed E-state index contributed by atoms with van der Waals surface area (Å²) >= 11 is 0. The molecule has 1 aromatic heterocycles. The lowest BCUT2D eigenvalue weighted by Crippen LogP contribution is -2.22. The Balaban J connectivity index is 1.96. The highest BCUT2D eigenvalue weighted by atomic mass is 15.3. The summed E-state index contributed by atoms with van der Waals surface area (Å²) in [5.74, 6) is 0.549. The number of aromatic amines is 1. The summed E-state index contributed by atoms with van der Waals surface area (Å²) in [6.45, 7) is 3.65. The molecular formula is C19H22N10. The summed E-state index contributed by atoms with van der Waals surface area (Å²) in [6.07, 6.45) is 0. The quantitative estimate of drug-likeness (QED) is 0.249. The van der Waals surface area contributed by atoms with Gasteiger partial charge in [0.05, 0.1) is 22.5 Å². The summed E-state index contributed by atoms with van der Waals surface area (Å²) in [4.78, 5) is 7.99. The predicted molar refractivity (Wildman–Crippen MR) is 118 cm³/mol. The zero-order chi connectivity index (χ0) is 21.0. The lowest BCUT2D eigenvalue weighted by atomic mass is 10.1. The third kappa shape index (κ3) is 4.75. The molecule has 0 aliphatic heterocycles. The van der Waals surface area contributed by atoms with E-state index in [1.54, 1.807) is 0 Å². The second-order valence-electron chi connectivity index (χ2n) is 6.32. The van der Waals surface area contributed by atoms with Crippen LogP contribution in [0.4, 0.5) is 0 Å². The Morgan fingerprint density at radius 1 is 0.793 bits per heavy atom. The van der Waals surface area contributed by atoms with Crippen molar-refractivity contribution >= 4 is 34.4 Å². The van der Waals surface area contributed by atoms with Gasteiger partial charge in [-0.15, -0.1) is 10.2 Å². The number of fused-ring (bicyclic) bond motifs is 1. The van der Waals surface area contributed by atoms with Gasteiger partial charge in [0.15, 0.2) is 0 Å². The second kappa shape index (κ2) is 8.21. The average molecular weight is 390 g/mol. The zero-order valence-electron chi connectivity index (χ0n) is 16.1. The highest BCUT2D eigenvalue weighted by molar-refractivity contribution is 6.02. The largest absolute Gasteiger partial charge is 0.369 e. The normalized spacial score (nSPS) is 12.1. The van der Waals surface area contributed by atoms with Gasteiger partial charge in [0.2, 0.25) is 11.9 Å². The first-order valence-corrected chi connectivity index (χ1v) is 8.71. The molecule has 148 valence electrons. The van der Waals surface area contributed by atoms with Crippen molar-refractivity contribution in [2.24, 2.45) is 43.3 Å². The summed E-state index contributed by atoms with van der Waals surface area (Å²) in [6, 6.07) is 13.5. The van der Waals surface area contributed by atoms with Crippen LogP contribution in [0.5, 0.6) is 0 Å². The van der Waals surface area contributed by atoms with E-state index in [-0.39, 0.29) is 11.9 Å². The maximum atomic E-state index is 5.33. The van der Waals surface area contributed by atoms with Gasteiger partial charge in [-0.1, -0.05) is 24.3 Å². The van der Waals surface area contributed by atoms with Crippen LogP contribution in [0, 0.1) is 0 Å². The number of benzene rings is 2. The number of nitrogens with zero attached hydrogens (tertiary/aromatic N) is 5. The minimum atomic E-state index is -0.0905. The van der Waals surface area contributed by atoms with Crippen molar-refractivity contribution in [1.82, 2.24) is 9.97 Å². The highest BCUT2D eigenvalue weighted by Gasteiger charge is 2.09. The molecule has 0 saturated heterocycles. The smallest absolute Gasteiger partial charge is 0.211 e. The monoisotopic (exact) mass is 390 g/mol. The van der Waals surface area contributed by atoms with Crippen molar-refractivity contribution in [3.05, 3.63) is 53.6 Å². The molecule has 0 fully saturated rings. The van der Waals surface area contributed by atoms with E-state index in [1.165, 1.54) is 0 Å².